The third-order valence-electron chi connectivity index (χ3n) is 4.77. The Labute approximate surface area is 274 Å². The van der Waals surface area contributed by atoms with E-state index in [2.05, 4.69) is 27.5 Å². The van der Waals surface area contributed by atoms with E-state index in [-0.39, 0.29) is 7.43 Å². The highest BCUT2D eigenvalue weighted by Crippen LogP contribution is 2.18. The minimum Gasteiger partial charge on any atom is -0.497 e. The maximum absolute atomic E-state index is 5.15. The maximum Gasteiger partial charge on any atom is 0.187 e. The molecule has 44 heavy (non-hydrogen) atoms. The number of hydrogen-bond acceptors (Lipinski definition) is 9. The van der Waals surface area contributed by atoms with Gasteiger partial charge in [-0.05, 0) is 54.0 Å². The molecular formula is C35H50N2O5S2. The van der Waals surface area contributed by atoms with Gasteiger partial charge in [-0.15, -0.1) is 18.3 Å². The lowest BCUT2D eigenvalue weighted by atomic mass is 10.2. The number of thioether (sulfide) groups is 2. The quantitative estimate of drug-likeness (QED) is 0.0525. The molecule has 1 heterocycles. The fraction of sp³-hybridized carbons (Fsp3) is 0.314. The van der Waals surface area contributed by atoms with Crippen molar-refractivity contribution in [3.8, 4) is 5.75 Å². The van der Waals surface area contributed by atoms with Crippen LogP contribution in [-0.4, -0.2) is 64.3 Å². The van der Waals surface area contributed by atoms with Gasteiger partial charge < -0.3 is 23.7 Å². The van der Waals surface area contributed by atoms with Crippen molar-refractivity contribution in [2.75, 3.05) is 54.4 Å². The van der Waals surface area contributed by atoms with Gasteiger partial charge in [0.05, 0.1) is 26.9 Å². The summed E-state index contributed by atoms with van der Waals surface area (Å²) in [7, 11) is 6.63. The predicted octanol–water partition coefficient (Wildman–Crippen LogP) is 8.71. The van der Waals surface area contributed by atoms with Gasteiger partial charge in [0.15, 0.2) is 5.16 Å². The molecule has 0 aliphatic carbocycles. The third-order valence-corrected chi connectivity index (χ3v) is 6.09. The maximum atomic E-state index is 5.15. The van der Waals surface area contributed by atoms with Crippen molar-refractivity contribution in [1.29, 1.82) is 0 Å². The van der Waals surface area contributed by atoms with Crippen LogP contribution >= 0.6 is 23.5 Å². The highest BCUT2D eigenvalue weighted by molar-refractivity contribution is 7.98. The zero-order valence-electron chi connectivity index (χ0n) is 26.2. The molecule has 0 spiro atoms. The Morgan fingerprint density at radius 1 is 0.659 bits per heavy atom. The fourth-order valence-electron chi connectivity index (χ4n) is 2.78. The van der Waals surface area contributed by atoms with E-state index in [9.17, 15) is 0 Å². The second-order valence-corrected chi connectivity index (χ2v) is 9.67. The predicted molar refractivity (Wildman–Crippen MR) is 188 cm³/mol. The van der Waals surface area contributed by atoms with Gasteiger partial charge in [0.25, 0.3) is 0 Å². The molecule has 0 unspecified atom stereocenters. The van der Waals surface area contributed by atoms with Gasteiger partial charge in [-0.25, -0.2) is 9.97 Å². The number of ether oxygens (including phenoxy) is 5. The summed E-state index contributed by atoms with van der Waals surface area (Å²) in [6, 6.07) is 29.9. The summed E-state index contributed by atoms with van der Waals surface area (Å²) >= 11 is 3.28. The minimum atomic E-state index is 0. The SMILES string of the molecule is C.C=CCOC.COCOCc1ccccc1.COCc1ccccc1.COc1ccc(SC)cc1.CSc1ncccn1. The Kier molecular flexibility index (Phi) is 31.9. The first kappa shape index (κ1) is 43.0. The molecule has 0 fully saturated rings. The van der Waals surface area contributed by atoms with Crippen LogP contribution in [0.15, 0.2) is 126 Å². The van der Waals surface area contributed by atoms with Crippen LogP contribution in [0.3, 0.4) is 0 Å². The summed E-state index contributed by atoms with van der Waals surface area (Å²) in [4.78, 5) is 9.16. The van der Waals surface area contributed by atoms with E-state index in [4.69, 9.17) is 18.9 Å². The summed E-state index contributed by atoms with van der Waals surface area (Å²) in [6.45, 7) is 5.76. The molecule has 9 heteroatoms. The molecule has 1 aromatic heterocycles. The van der Waals surface area contributed by atoms with Crippen LogP contribution in [0.5, 0.6) is 5.75 Å². The number of benzene rings is 3. The molecule has 0 radical (unpaired) electrons. The first-order valence-corrected chi connectivity index (χ1v) is 15.8. The van der Waals surface area contributed by atoms with E-state index in [1.807, 2.05) is 91.2 Å². The van der Waals surface area contributed by atoms with Gasteiger partial charge in [0.2, 0.25) is 0 Å². The Morgan fingerprint density at radius 3 is 1.57 bits per heavy atom. The Bertz CT molecular complexity index is 1100. The molecule has 7 nitrogen and oxygen atoms in total. The first-order chi connectivity index (χ1) is 21.1. The molecule has 4 rings (SSSR count). The minimum absolute atomic E-state index is 0. The number of aromatic nitrogens is 2. The fourth-order valence-corrected chi connectivity index (χ4v) is 3.52. The van der Waals surface area contributed by atoms with Crippen LogP contribution in [0.2, 0.25) is 0 Å². The summed E-state index contributed by atoms with van der Waals surface area (Å²) in [5.74, 6) is 0.915. The number of methoxy groups -OCH3 is 4. The van der Waals surface area contributed by atoms with E-state index in [1.54, 1.807) is 76.5 Å². The van der Waals surface area contributed by atoms with Gasteiger partial charge in [0, 0.05) is 38.6 Å². The van der Waals surface area contributed by atoms with Crippen molar-refractivity contribution in [2.45, 2.75) is 30.7 Å². The largest absolute Gasteiger partial charge is 0.497 e. The van der Waals surface area contributed by atoms with Crippen molar-refractivity contribution in [3.63, 3.8) is 0 Å². The van der Waals surface area contributed by atoms with Gasteiger partial charge >= 0.3 is 0 Å². The number of hydrogen-bond donors (Lipinski definition) is 0. The van der Waals surface area contributed by atoms with Crippen LogP contribution < -0.4 is 4.74 Å². The van der Waals surface area contributed by atoms with Crippen LogP contribution in [0.4, 0.5) is 0 Å². The van der Waals surface area contributed by atoms with Crippen molar-refractivity contribution in [2.24, 2.45) is 0 Å². The van der Waals surface area contributed by atoms with Crippen molar-refractivity contribution >= 4 is 23.5 Å². The molecule has 0 amide bonds. The van der Waals surface area contributed by atoms with E-state index in [0.29, 0.717) is 26.6 Å². The van der Waals surface area contributed by atoms with Gasteiger partial charge in [-0.1, -0.05) is 85.9 Å². The smallest absolute Gasteiger partial charge is 0.187 e. The molecule has 0 aliphatic rings. The molecule has 242 valence electrons. The first-order valence-electron chi connectivity index (χ1n) is 13.3. The molecule has 0 saturated heterocycles. The Morgan fingerprint density at radius 2 is 1.20 bits per heavy atom. The Hall–Kier alpha value is -3.18. The molecular weight excluding hydrogens is 593 g/mol. The second-order valence-electron chi connectivity index (χ2n) is 8.02. The van der Waals surface area contributed by atoms with E-state index < -0.39 is 0 Å². The van der Waals surface area contributed by atoms with E-state index >= 15 is 0 Å². The lowest BCUT2D eigenvalue weighted by molar-refractivity contribution is -0.0390. The van der Waals surface area contributed by atoms with E-state index in [0.717, 1.165) is 10.9 Å². The normalized spacial score (nSPS) is 9.05. The zero-order chi connectivity index (χ0) is 31.8. The summed E-state index contributed by atoms with van der Waals surface area (Å²) in [5, 5.41) is 0.826. The molecule has 0 aliphatic heterocycles. The van der Waals surface area contributed by atoms with Crippen molar-refractivity contribution in [1.82, 2.24) is 9.97 Å². The van der Waals surface area contributed by atoms with E-state index in [1.165, 1.54) is 16.0 Å². The topological polar surface area (TPSA) is 71.9 Å². The third kappa shape index (κ3) is 25.3. The molecule has 4 aromatic rings. The molecule has 0 saturated carbocycles. The lowest BCUT2D eigenvalue weighted by Gasteiger charge is -2.01. The standard InChI is InChI=1S/C9H12O2.C8H10OS.C8H10O.C5H6N2S.C4H8O.CH4/c1-10-8-11-7-9-5-3-2-4-6-9;1-9-7-3-5-8(10-2)6-4-7;1-9-7-8-5-3-2-4-6-8;1-8-5-6-3-2-4-7-5;1-3-4-5-2;/h2-6H,7-8H2,1H3;3-6H,1-2H3;2-6H,7H2,1H3;2-4H,1H3;3H,1,4H2,2H3;1H4. The average molecular weight is 643 g/mol. The monoisotopic (exact) mass is 642 g/mol. The van der Waals surface area contributed by atoms with Crippen LogP contribution in [-0.2, 0) is 32.2 Å². The van der Waals surface area contributed by atoms with Crippen LogP contribution in [0.25, 0.3) is 0 Å². The molecule has 0 N–H and O–H groups in total. The number of nitrogens with zero attached hydrogens (tertiary/aromatic N) is 2. The second kappa shape index (κ2) is 32.7. The van der Waals surface area contributed by atoms with Crippen LogP contribution in [0, 0.1) is 0 Å². The van der Waals surface area contributed by atoms with Gasteiger partial charge in [-0.3, -0.25) is 0 Å². The lowest BCUT2D eigenvalue weighted by Crippen LogP contribution is -1.96. The average Bonchev–Trinajstić information content (AvgIpc) is 3.08. The van der Waals surface area contributed by atoms with Crippen molar-refractivity contribution < 1.29 is 23.7 Å². The van der Waals surface area contributed by atoms with Crippen LogP contribution in [0.1, 0.15) is 18.6 Å². The highest BCUT2D eigenvalue weighted by atomic mass is 32.2. The molecule has 3 aromatic carbocycles. The zero-order valence-corrected chi connectivity index (χ0v) is 27.8. The Balaban J connectivity index is 0. The molecule has 0 atom stereocenters. The summed E-state index contributed by atoms with van der Waals surface area (Å²) < 4.78 is 24.4. The highest BCUT2D eigenvalue weighted by Gasteiger charge is 1.90. The summed E-state index contributed by atoms with van der Waals surface area (Å²) in [6.07, 6.45) is 9.19. The summed E-state index contributed by atoms with van der Waals surface area (Å²) in [5.41, 5.74) is 2.39. The van der Waals surface area contributed by atoms with Gasteiger partial charge in [-0.2, -0.15) is 0 Å². The van der Waals surface area contributed by atoms with Gasteiger partial charge in [0.1, 0.15) is 12.5 Å². The number of rotatable bonds is 11. The molecule has 0 bridgehead atoms. The van der Waals surface area contributed by atoms with Crippen molar-refractivity contribution in [3.05, 3.63) is 127 Å².